The molecule has 5 nitrogen and oxygen atoms in total. The van der Waals surface area contributed by atoms with Crippen LogP contribution in [0.25, 0.3) is 0 Å². The third-order valence-electron chi connectivity index (χ3n) is 3.84. The monoisotopic (exact) mass is 263 g/mol. The SMILES string of the molecule is CCCc1nc(NN)c(C)c(NC2CCC(C)C2)n1. The van der Waals surface area contributed by atoms with Gasteiger partial charge in [0.15, 0.2) is 0 Å². The molecule has 2 rings (SSSR count). The number of anilines is 2. The van der Waals surface area contributed by atoms with Crippen LogP contribution in [-0.4, -0.2) is 16.0 Å². The highest BCUT2D eigenvalue weighted by Crippen LogP contribution is 2.29. The number of rotatable bonds is 5. The van der Waals surface area contributed by atoms with Crippen molar-refractivity contribution in [1.29, 1.82) is 0 Å². The lowest BCUT2D eigenvalue weighted by Gasteiger charge is -2.17. The number of hydrogen-bond donors (Lipinski definition) is 3. The Balaban J connectivity index is 2.19. The van der Waals surface area contributed by atoms with Crippen LogP contribution in [-0.2, 0) is 6.42 Å². The number of nitrogens with one attached hydrogen (secondary N) is 2. The molecule has 0 radical (unpaired) electrons. The summed E-state index contributed by atoms with van der Waals surface area (Å²) in [5, 5.41) is 3.57. The minimum absolute atomic E-state index is 0.531. The summed E-state index contributed by atoms with van der Waals surface area (Å²) in [6.45, 7) is 6.44. The van der Waals surface area contributed by atoms with Crippen molar-refractivity contribution in [2.75, 3.05) is 10.7 Å². The van der Waals surface area contributed by atoms with E-state index in [1.54, 1.807) is 0 Å². The Morgan fingerprint density at radius 3 is 2.58 bits per heavy atom. The van der Waals surface area contributed by atoms with Crippen LogP contribution in [0.1, 0.15) is 50.9 Å². The Kier molecular flexibility index (Phi) is 4.58. The van der Waals surface area contributed by atoms with Crippen LogP contribution in [0.15, 0.2) is 0 Å². The Labute approximate surface area is 115 Å². The van der Waals surface area contributed by atoms with E-state index in [1.165, 1.54) is 19.3 Å². The predicted octanol–water partition coefficient (Wildman–Crippen LogP) is 2.62. The van der Waals surface area contributed by atoms with Gasteiger partial charge in [-0.25, -0.2) is 15.8 Å². The molecule has 106 valence electrons. The summed E-state index contributed by atoms with van der Waals surface area (Å²) in [6.07, 6.45) is 5.65. The van der Waals surface area contributed by atoms with E-state index < -0.39 is 0 Å². The standard InChI is InChI=1S/C14H25N5/c1-4-5-12-17-13(10(3)14(18-12)19-15)16-11-7-6-9(2)8-11/h9,11H,4-8,15H2,1-3H3,(H2,16,17,18,19). The maximum Gasteiger partial charge on any atom is 0.148 e. The summed E-state index contributed by atoms with van der Waals surface area (Å²) in [7, 11) is 0. The normalized spacial score (nSPS) is 22.5. The smallest absolute Gasteiger partial charge is 0.148 e. The van der Waals surface area contributed by atoms with Crippen molar-refractivity contribution in [3.8, 4) is 0 Å². The third kappa shape index (κ3) is 3.35. The third-order valence-corrected chi connectivity index (χ3v) is 3.84. The van der Waals surface area contributed by atoms with E-state index >= 15 is 0 Å². The van der Waals surface area contributed by atoms with Crippen LogP contribution in [0, 0.1) is 12.8 Å². The molecule has 0 amide bonds. The molecule has 2 unspecified atom stereocenters. The van der Waals surface area contributed by atoms with Crippen molar-refractivity contribution in [1.82, 2.24) is 9.97 Å². The van der Waals surface area contributed by atoms with Crippen LogP contribution in [0.3, 0.4) is 0 Å². The molecule has 1 aromatic rings. The zero-order valence-electron chi connectivity index (χ0n) is 12.2. The van der Waals surface area contributed by atoms with Gasteiger partial charge in [0.25, 0.3) is 0 Å². The predicted molar refractivity (Wildman–Crippen MR) is 79.0 cm³/mol. The molecule has 2 atom stereocenters. The van der Waals surface area contributed by atoms with Crippen LogP contribution < -0.4 is 16.6 Å². The zero-order chi connectivity index (χ0) is 13.8. The lowest BCUT2D eigenvalue weighted by atomic mass is 10.1. The second kappa shape index (κ2) is 6.19. The van der Waals surface area contributed by atoms with Crippen molar-refractivity contribution in [3.05, 3.63) is 11.4 Å². The zero-order valence-corrected chi connectivity index (χ0v) is 12.2. The summed E-state index contributed by atoms with van der Waals surface area (Å²) < 4.78 is 0. The molecule has 0 saturated heterocycles. The summed E-state index contributed by atoms with van der Waals surface area (Å²) >= 11 is 0. The number of hydrazine groups is 1. The minimum Gasteiger partial charge on any atom is -0.367 e. The number of nitrogens with zero attached hydrogens (tertiary/aromatic N) is 2. The minimum atomic E-state index is 0.531. The van der Waals surface area contributed by atoms with Gasteiger partial charge >= 0.3 is 0 Å². The highest BCUT2D eigenvalue weighted by atomic mass is 15.3. The van der Waals surface area contributed by atoms with Crippen molar-refractivity contribution >= 4 is 11.6 Å². The molecule has 0 aliphatic heterocycles. The van der Waals surface area contributed by atoms with Crippen LogP contribution in [0.4, 0.5) is 11.6 Å². The molecule has 0 spiro atoms. The molecule has 19 heavy (non-hydrogen) atoms. The van der Waals surface area contributed by atoms with Gasteiger partial charge in [0.05, 0.1) is 0 Å². The largest absolute Gasteiger partial charge is 0.367 e. The fourth-order valence-corrected chi connectivity index (χ4v) is 2.71. The molecule has 1 fully saturated rings. The fourth-order valence-electron chi connectivity index (χ4n) is 2.71. The fraction of sp³-hybridized carbons (Fsp3) is 0.714. The molecular formula is C14H25N5. The Morgan fingerprint density at radius 1 is 1.26 bits per heavy atom. The average Bonchev–Trinajstić information content (AvgIpc) is 2.79. The number of hydrogen-bond acceptors (Lipinski definition) is 5. The van der Waals surface area contributed by atoms with E-state index in [-0.39, 0.29) is 0 Å². The van der Waals surface area contributed by atoms with Crippen molar-refractivity contribution in [3.63, 3.8) is 0 Å². The van der Waals surface area contributed by atoms with Crippen molar-refractivity contribution < 1.29 is 0 Å². The van der Waals surface area contributed by atoms with Gasteiger partial charge < -0.3 is 10.7 Å². The highest BCUT2D eigenvalue weighted by Gasteiger charge is 2.22. The second-order valence-electron chi connectivity index (χ2n) is 5.62. The van der Waals surface area contributed by atoms with Gasteiger partial charge in [0, 0.05) is 18.0 Å². The first-order chi connectivity index (χ1) is 9.13. The van der Waals surface area contributed by atoms with E-state index in [1.807, 2.05) is 6.92 Å². The molecule has 5 heteroatoms. The van der Waals surface area contributed by atoms with Crippen LogP contribution in [0.5, 0.6) is 0 Å². The van der Waals surface area contributed by atoms with Gasteiger partial charge in [0.2, 0.25) is 0 Å². The molecule has 0 aromatic carbocycles. The van der Waals surface area contributed by atoms with Crippen molar-refractivity contribution in [2.45, 2.75) is 58.9 Å². The highest BCUT2D eigenvalue weighted by molar-refractivity contribution is 5.57. The van der Waals surface area contributed by atoms with E-state index in [9.17, 15) is 0 Å². The second-order valence-corrected chi connectivity index (χ2v) is 5.62. The van der Waals surface area contributed by atoms with Gasteiger partial charge in [-0.05, 0) is 38.5 Å². The van der Waals surface area contributed by atoms with E-state index in [0.717, 1.165) is 41.8 Å². The van der Waals surface area contributed by atoms with Gasteiger partial charge in [0.1, 0.15) is 17.5 Å². The summed E-state index contributed by atoms with van der Waals surface area (Å²) in [5.74, 6) is 8.87. The Hall–Kier alpha value is -1.36. The lowest BCUT2D eigenvalue weighted by Crippen LogP contribution is -2.20. The van der Waals surface area contributed by atoms with Gasteiger partial charge in [-0.2, -0.15) is 0 Å². The average molecular weight is 263 g/mol. The lowest BCUT2D eigenvalue weighted by molar-refractivity contribution is 0.602. The summed E-state index contributed by atoms with van der Waals surface area (Å²) in [5.41, 5.74) is 3.68. The van der Waals surface area contributed by atoms with Crippen LogP contribution in [0.2, 0.25) is 0 Å². The maximum atomic E-state index is 5.55. The first kappa shape index (κ1) is 14.1. The van der Waals surface area contributed by atoms with E-state index in [0.29, 0.717) is 6.04 Å². The molecular weight excluding hydrogens is 238 g/mol. The van der Waals surface area contributed by atoms with E-state index in [4.69, 9.17) is 5.84 Å². The van der Waals surface area contributed by atoms with Crippen LogP contribution >= 0.6 is 0 Å². The molecule has 1 heterocycles. The first-order valence-corrected chi connectivity index (χ1v) is 7.24. The van der Waals surface area contributed by atoms with Gasteiger partial charge in [-0.3, -0.25) is 0 Å². The van der Waals surface area contributed by atoms with Gasteiger partial charge in [-0.15, -0.1) is 0 Å². The molecule has 1 saturated carbocycles. The summed E-state index contributed by atoms with van der Waals surface area (Å²) in [6, 6.07) is 0.531. The van der Waals surface area contributed by atoms with E-state index in [2.05, 4.69) is 34.6 Å². The number of nitrogen functional groups attached to an aromatic ring is 1. The van der Waals surface area contributed by atoms with Crippen molar-refractivity contribution in [2.24, 2.45) is 11.8 Å². The molecule has 1 aliphatic carbocycles. The molecule has 0 bridgehead atoms. The first-order valence-electron chi connectivity index (χ1n) is 7.24. The number of nitrogens with two attached hydrogens (primary N) is 1. The van der Waals surface area contributed by atoms with Gasteiger partial charge in [-0.1, -0.05) is 13.8 Å². The molecule has 1 aromatic heterocycles. The Bertz CT molecular complexity index is 432. The molecule has 1 aliphatic rings. The summed E-state index contributed by atoms with van der Waals surface area (Å²) in [4.78, 5) is 9.08. The molecule has 4 N–H and O–H groups in total. The Morgan fingerprint density at radius 2 is 2.00 bits per heavy atom. The quantitative estimate of drug-likeness (QED) is 0.562. The number of aryl methyl sites for hydroxylation is 1. The maximum absolute atomic E-state index is 5.55. The number of aromatic nitrogens is 2. The topological polar surface area (TPSA) is 75.9 Å².